The van der Waals surface area contributed by atoms with Gasteiger partial charge in [0.05, 0.1) is 12.5 Å². The average Bonchev–Trinajstić information content (AvgIpc) is 2.25. The Kier molecular flexibility index (Phi) is 5.77. The SMILES string of the molecule is CC(C)CC(CNC1CCCOC1)C(=O)O. The zero-order chi connectivity index (χ0) is 12.0. The van der Waals surface area contributed by atoms with E-state index in [0.717, 1.165) is 25.9 Å². The Morgan fingerprint density at radius 2 is 2.31 bits per heavy atom. The smallest absolute Gasteiger partial charge is 0.307 e. The molecule has 0 aromatic heterocycles. The van der Waals surface area contributed by atoms with Crippen molar-refractivity contribution in [1.82, 2.24) is 5.32 Å². The second-order valence-electron chi connectivity index (χ2n) is 4.99. The highest BCUT2D eigenvalue weighted by Gasteiger charge is 2.21. The molecule has 16 heavy (non-hydrogen) atoms. The number of carbonyl (C=O) groups is 1. The molecule has 0 radical (unpaired) electrons. The molecule has 1 saturated heterocycles. The van der Waals surface area contributed by atoms with Gasteiger partial charge < -0.3 is 15.2 Å². The van der Waals surface area contributed by atoms with Crippen molar-refractivity contribution >= 4 is 5.97 Å². The van der Waals surface area contributed by atoms with Crippen molar-refractivity contribution in [1.29, 1.82) is 0 Å². The second-order valence-corrected chi connectivity index (χ2v) is 4.99. The van der Waals surface area contributed by atoms with Crippen molar-refractivity contribution in [3.63, 3.8) is 0 Å². The predicted octanol–water partition coefficient (Wildman–Crippen LogP) is 1.50. The van der Waals surface area contributed by atoms with Gasteiger partial charge in [-0.3, -0.25) is 4.79 Å². The number of nitrogens with one attached hydrogen (secondary N) is 1. The summed E-state index contributed by atoms with van der Waals surface area (Å²) in [6, 6.07) is 0.336. The molecule has 4 nitrogen and oxygen atoms in total. The fourth-order valence-electron chi connectivity index (χ4n) is 2.05. The summed E-state index contributed by atoms with van der Waals surface area (Å²) in [6.45, 7) is 6.22. The average molecular weight is 229 g/mol. The lowest BCUT2D eigenvalue weighted by molar-refractivity contribution is -0.142. The van der Waals surface area contributed by atoms with Crippen LogP contribution < -0.4 is 5.32 Å². The fraction of sp³-hybridized carbons (Fsp3) is 0.917. The van der Waals surface area contributed by atoms with Crippen LogP contribution in [-0.4, -0.2) is 36.9 Å². The summed E-state index contributed by atoms with van der Waals surface area (Å²) in [5.74, 6) is -0.551. The molecule has 1 rings (SSSR count). The summed E-state index contributed by atoms with van der Waals surface area (Å²) < 4.78 is 5.35. The van der Waals surface area contributed by atoms with Crippen molar-refractivity contribution in [2.24, 2.45) is 11.8 Å². The van der Waals surface area contributed by atoms with E-state index in [4.69, 9.17) is 9.84 Å². The number of carboxylic acids is 1. The van der Waals surface area contributed by atoms with Gasteiger partial charge >= 0.3 is 5.97 Å². The molecule has 2 unspecified atom stereocenters. The normalized spacial score (nSPS) is 23.3. The van der Waals surface area contributed by atoms with Gasteiger partial charge in [0.1, 0.15) is 0 Å². The summed E-state index contributed by atoms with van der Waals surface area (Å²) in [5.41, 5.74) is 0. The summed E-state index contributed by atoms with van der Waals surface area (Å²) in [5, 5.41) is 12.4. The largest absolute Gasteiger partial charge is 0.481 e. The van der Waals surface area contributed by atoms with E-state index >= 15 is 0 Å². The van der Waals surface area contributed by atoms with Gasteiger partial charge in [0.25, 0.3) is 0 Å². The van der Waals surface area contributed by atoms with Crippen LogP contribution in [0.4, 0.5) is 0 Å². The molecule has 0 saturated carbocycles. The van der Waals surface area contributed by atoms with Crippen molar-refractivity contribution in [3.05, 3.63) is 0 Å². The molecule has 0 aliphatic carbocycles. The third-order valence-corrected chi connectivity index (χ3v) is 2.92. The molecular formula is C12H23NO3. The summed E-state index contributed by atoms with van der Waals surface area (Å²) in [6.07, 6.45) is 2.89. The third kappa shape index (κ3) is 4.94. The van der Waals surface area contributed by atoms with E-state index in [1.165, 1.54) is 0 Å². The molecule has 94 valence electrons. The minimum atomic E-state index is -0.696. The van der Waals surface area contributed by atoms with E-state index in [1.807, 2.05) is 0 Å². The van der Waals surface area contributed by atoms with E-state index in [9.17, 15) is 4.79 Å². The number of hydrogen-bond acceptors (Lipinski definition) is 3. The number of carboxylic acid groups (broad SMARTS) is 1. The van der Waals surface area contributed by atoms with Crippen LogP contribution in [0.5, 0.6) is 0 Å². The Bertz CT molecular complexity index is 212. The van der Waals surface area contributed by atoms with Crippen molar-refractivity contribution in [2.75, 3.05) is 19.8 Å². The predicted molar refractivity (Wildman–Crippen MR) is 62.4 cm³/mol. The number of aliphatic carboxylic acids is 1. The Morgan fingerprint density at radius 3 is 2.81 bits per heavy atom. The summed E-state index contributed by atoms with van der Waals surface area (Å²) in [7, 11) is 0. The quantitative estimate of drug-likeness (QED) is 0.724. The summed E-state index contributed by atoms with van der Waals surface area (Å²) in [4.78, 5) is 11.0. The van der Waals surface area contributed by atoms with Crippen LogP contribution >= 0.6 is 0 Å². The van der Waals surface area contributed by atoms with Crippen molar-refractivity contribution < 1.29 is 14.6 Å². The first-order chi connectivity index (χ1) is 7.59. The molecule has 1 fully saturated rings. The van der Waals surface area contributed by atoms with Crippen molar-refractivity contribution in [3.8, 4) is 0 Å². The van der Waals surface area contributed by atoms with Gasteiger partial charge in [-0.05, 0) is 25.2 Å². The second kappa shape index (κ2) is 6.86. The lowest BCUT2D eigenvalue weighted by atomic mass is 9.96. The molecule has 0 spiro atoms. The van der Waals surface area contributed by atoms with Gasteiger partial charge in [-0.1, -0.05) is 13.8 Å². The molecule has 2 N–H and O–H groups in total. The molecule has 0 aromatic carbocycles. The van der Waals surface area contributed by atoms with Crippen LogP contribution in [0.15, 0.2) is 0 Å². The Labute approximate surface area is 97.4 Å². The van der Waals surface area contributed by atoms with Gasteiger partial charge in [0.15, 0.2) is 0 Å². The number of hydrogen-bond donors (Lipinski definition) is 2. The van der Waals surface area contributed by atoms with E-state index in [1.54, 1.807) is 0 Å². The van der Waals surface area contributed by atoms with Crippen LogP contribution in [0.3, 0.4) is 0 Å². The van der Waals surface area contributed by atoms with Gasteiger partial charge in [-0.2, -0.15) is 0 Å². The number of rotatable bonds is 6. The zero-order valence-electron chi connectivity index (χ0n) is 10.2. The Morgan fingerprint density at radius 1 is 1.56 bits per heavy atom. The maximum absolute atomic E-state index is 11.0. The maximum Gasteiger partial charge on any atom is 0.307 e. The van der Waals surface area contributed by atoms with Crippen molar-refractivity contribution in [2.45, 2.75) is 39.2 Å². The monoisotopic (exact) mass is 229 g/mol. The van der Waals surface area contributed by atoms with Gasteiger partial charge in [-0.25, -0.2) is 0 Å². The first kappa shape index (κ1) is 13.5. The fourth-order valence-corrected chi connectivity index (χ4v) is 2.05. The highest BCUT2D eigenvalue weighted by atomic mass is 16.5. The molecule has 1 aliphatic heterocycles. The maximum atomic E-state index is 11.0. The molecule has 0 aromatic rings. The summed E-state index contributed by atoms with van der Waals surface area (Å²) >= 11 is 0. The first-order valence-electron chi connectivity index (χ1n) is 6.13. The molecular weight excluding hydrogens is 206 g/mol. The minimum Gasteiger partial charge on any atom is -0.481 e. The van der Waals surface area contributed by atoms with Gasteiger partial charge in [0.2, 0.25) is 0 Å². The van der Waals surface area contributed by atoms with Crippen LogP contribution in [0.2, 0.25) is 0 Å². The van der Waals surface area contributed by atoms with Gasteiger partial charge in [-0.15, -0.1) is 0 Å². The molecule has 1 aliphatic rings. The number of ether oxygens (including phenoxy) is 1. The molecule has 2 atom stereocenters. The lowest BCUT2D eigenvalue weighted by Crippen LogP contribution is -2.41. The lowest BCUT2D eigenvalue weighted by Gasteiger charge is -2.25. The Hall–Kier alpha value is -0.610. The topological polar surface area (TPSA) is 58.6 Å². The van der Waals surface area contributed by atoms with E-state index in [-0.39, 0.29) is 5.92 Å². The van der Waals surface area contributed by atoms with E-state index < -0.39 is 5.97 Å². The van der Waals surface area contributed by atoms with E-state index in [2.05, 4.69) is 19.2 Å². The molecule has 4 heteroatoms. The van der Waals surface area contributed by atoms with Crippen LogP contribution in [0, 0.1) is 11.8 Å². The molecule has 0 amide bonds. The van der Waals surface area contributed by atoms with Crippen LogP contribution in [0.1, 0.15) is 33.1 Å². The molecule has 1 heterocycles. The highest BCUT2D eigenvalue weighted by molar-refractivity contribution is 5.70. The standard InChI is InChI=1S/C12H23NO3/c1-9(2)6-10(12(14)15)7-13-11-4-3-5-16-8-11/h9-11,13H,3-8H2,1-2H3,(H,14,15). The zero-order valence-corrected chi connectivity index (χ0v) is 10.2. The first-order valence-corrected chi connectivity index (χ1v) is 6.13. The third-order valence-electron chi connectivity index (χ3n) is 2.92. The van der Waals surface area contributed by atoms with Gasteiger partial charge in [0, 0.05) is 19.2 Å². The van der Waals surface area contributed by atoms with Crippen LogP contribution in [-0.2, 0) is 9.53 Å². The van der Waals surface area contributed by atoms with E-state index in [0.29, 0.717) is 25.1 Å². The highest BCUT2D eigenvalue weighted by Crippen LogP contribution is 2.12. The Balaban J connectivity index is 2.28. The van der Waals surface area contributed by atoms with Crippen LogP contribution in [0.25, 0.3) is 0 Å². The molecule has 0 bridgehead atoms. The minimum absolute atomic E-state index is 0.276.